The lowest BCUT2D eigenvalue weighted by molar-refractivity contribution is 0.0698. The van der Waals surface area contributed by atoms with Crippen molar-refractivity contribution in [3.8, 4) is 0 Å². The van der Waals surface area contributed by atoms with Crippen LogP contribution in [0, 0.1) is 0 Å². The smallest absolute Gasteiger partial charge is 0.337 e. The molecular formula is C12H8Cl2N4O3. The molecule has 0 aliphatic rings. The van der Waals surface area contributed by atoms with Gasteiger partial charge in [0.2, 0.25) is 5.95 Å². The maximum atomic E-state index is 11.8. The van der Waals surface area contributed by atoms with Gasteiger partial charge in [-0.25, -0.2) is 19.6 Å². The van der Waals surface area contributed by atoms with E-state index >= 15 is 0 Å². The van der Waals surface area contributed by atoms with Crippen LogP contribution in [-0.4, -0.2) is 27.1 Å². The summed E-state index contributed by atoms with van der Waals surface area (Å²) in [4.78, 5) is 30.6. The van der Waals surface area contributed by atoms with Gasteiger partial charge in [-0.3, -0.25) is 5.32 Å². The highest BCUT2D eigenvalue weighted by atomic mass is 35.5. The van der Waals surface area contributed by atoms with Crippen LogP contribution in [0.3, 0.4) is 0 Å². The molecule has 9 heteroatoms. The van der Waals surface area contributed by atoms with E-state index in [4.69, 9.17) is 28.3 Å². The van der Waals surface area contributed by atoms with Gasteiger partial charge in [0.05, 0.1) is 16.3 Å². The summed E-state index contributed by atoms with van der Waals surface area (Å²) in [5, 5.41) is 13.9. The molecule has 1 heterocycles. The molecule has 0 saturated carbocycles. The van der Waals surface area contributed by atoms with Gasteiger partial charge in [0.1, 0.15) is 0 Å². The predicted molar refractivity (Wildman–Crippen MR) is 78.1 cm³/mol. The van der Waals surface area contributed by atoms with Gasteiger partial charge in [0.15, 0.2) is 0 Å². The summed E-state index contributed by atoms with van der Waals surface area (Å²) < 4.78 is 0. The Balaban J connectivity index is 2.23. The molecule has 0 aliphatic heterocycles. The molecule has 2 aromatic rings. The maximum Gasteiger partial charge on any atom is 0.337 e. The lowest BCUT2D eigenvalue weighted by atomic mass is 10.2. The van der Waals surface area contributed by atoms with Gasteiger partial charge in [0.25, 0.3) is 0 Å². The zero-order valence-corrected chi connectivity index (χ0v) is 11.8. The standard InChI is InChI=1S/C12H8Cl2N4O3/c13-6-4-7(10(19)20)9(8(14)5-6)17-12(21)18-11-15-2-1-3-16-11/h1-5H,(H,19,20)(H2,15,16,17,18,21). The summed E-state index contributed by atoms with van der Waals surface area (Å²) in [6.07, 6.45) is 2.89. The minimum absolute atomic E-state index is 0.00373. The molecule has 0 aliphatic carbocycles. The third kappa shape index (κ3) is 3.80. The molecule has 3 N–H and O–H groups in total. The van der Waals surface area contributed by atoms with Crippen LogP contribution in [0.2, 0.25) is 10.0 Å². The number of aromatic carboxylic acids is 1. The highest BCUT2D eigenvalue weighted by Gasteiger charge is 2.17. The second-order valence-electron chi connectivity index (χ2n) is 3.77. The molecule has 2 amide bonds. The molecule has 0 bridgehead atoms. The van der Waals surface area contributed by atoms with Gasteiger partial charge >= 0.3 is 12.0 Å². The molecule has 0 radical (unpaired) electrons. The van der Waals surface area contributed by atoms with E-state index in [0.717, 1.165) is 0 Å². The Kier molecular flexibility index (Phi) is 4.56. The molecule has 0 fully saturated rings. The largest absolute Gasteiger partial charge is 0.478 e. The van der Waals surface area contributed by atoms with E-state index in [1.807, 2.05) is 0 Å². The molecule has 1 aromatic heterocycles. The summed E-state index contributed by atoms with van der Waals surface area (Å²) in [5.41, 5.74) is -0.293. The molecule has 2 rings (SSSR count). The van der Waals surface area contributed by atoms with Crippen molar-refractivity contribution in [1.29, 1.82) is 0 Å². The molecule has 0 atom stereocenters. The average Bonchev–Trinajstić information content (AvgIpc) is 2.42. The Hall–Kier alpha value is -2.38. The fourth-order valence-corrected chi connectivity index (χ4v) is 2.02. The van der Waals surface area contributed by atoms with Crippen molar-refractivity contribution in [1.82, 2.24) is 9.97 Å². The normalized spacial score (nSPS) is 10.0. The number of carboxylic acids is 1. The van der Waals surface area contributed by atoms with Crippen LogP contribution in [0.1, 0.15) is 10.4 Å². The number of nitrogens with zero attached hydrogens (tertiary/aromatic N) is 2. The molecule has 1 aromatic carbocycles. The Labute approximate surface area is 128 Å². The molecule has 108 valence electrons. The topological polar surface area (TPSA) is 104 Å². The van der Waals surface area contributed by atoms with Crippen molar-refractivity contribution in [3.63, 3.8) is 0 Å². The molecule has 21 heavy (non-hydrogen) atoms. The van der Waals surface area contributed by atoms with Crippen LogP contribution in [0.15, 0.2) is 30.6 Å². The summed E-state index contributed by atoms with van der Waals surface area (Å²) in [7, 11) is 0. The Morgan fingerprint density at radius 2 is 1.76 bits per heavy atom. The second kappa shape index (κ2) is 6.38. The van der Waals surface area contributed by atoms with E-state index in [9.17, 15) is 9.59 Å². The van der Waals surface area contributed by atoms with Crippen molar-refractivity contribution in [2.24, 2.45) is 0 Å². The summed E-state index contributed by atoms with van der Waals surface area (Å²) in [6, 6.07) is 3.36. The van der Waals surface area contributed by atoms with E-state index in [-0.39, 0.29) is 27.2 Å². The molecule has 0 spiro atoms. The number of rotatable bonds is 3. The van der Waals surface area contributed by atoms with Gasteiger partial charge < -0.3 is 10.4 Å². The highest BCUT2D eigenvalue weighted by Crippen LogP contribution is 2.30. The van der Waals surface area contributed by atoms with Crippen LogP contribution in [0.4, 0.5) is 16.4 Å². The van der Waals surface area contributed by atoms with Crippen LogP contribution >= 0.6 is 23.2 Å². The van der Waals surface area contributed by atoms with Crippen molar-refractivity contribution in [3.05, 3.63) is 46.2 Å². The number of benzene rings is 1. The van der Waals surface area contributed by atoms with Gasteiger partial charge in [-0.15, -0.1) is 0 Å². The number of amides is 2. The quantitative estimate of drug-likeness (QED) is 0.803. The zero-order chi connectivity index (χ0) is 15.4. The van der Waals surface area contributed by atoms with Crippen molar-refractivity contribution in [2.45, 2.75) is 0 Å². The first-order valence-corrected chi connectivity index (χ1v) is 6.30. The number of nitrogens with one attached hydrogen (secondary N) is 2. The van der Waals surface area contributed by atoms with Gasteiger partial charge in [-0.1, -0.05) is 23.2 Å². The number of urea groups is 1. The predicted octanol–water partition coefficient (Wildman–Crippen LogP) is 3.13. The molecule has 7 nitrogen and oxygen atoms in total. The Morgan fingerprint density at radius 3 is 2.38 bits per heavy atom. The van der Waals surface area contributed by atoms with E-state index in [1.54, 1.807) is 6.07 Å². The lowest BCUT2D eigenvalue weighted by Crippen LogP contribution is -2.22. The van der Waals surface area contributed by atoms with Gasteiger partial charge in [0, 0.05) is 17.4 Å². The first-order valence-electron chi connectivity index (χ1n) is 5.54. The lowest BCUT2D eigenvalue weighted by Gasteiger charge is -2.11. The number of hydrogen-bond donors (Lipinski definition) is 3. The Bertz CT molecular complexity index is 694. The number of carbonyl (C=O) groups excluding carboxylic acids is 1. The number of halogens is 2. The fraction of sp³-hybridized carbons (Fsp3) is 0. The highest BCUT2D eigenvalue weighted by molar-refractivity contribution is 6.37. The third-order valence-corrected chi connectivity index (χ3v) is 2.83. The van der Waals surface area contributed by atoms with E-state index in [0.29, 0.717) is 0 Å². The van der Waals surface area contributed by atoms with Crippen LogP contribution in [0.25, 0.3) is 0 Å². The van der Waals surface area contributed by atoms with Crippen molar-refractivity contribution in [2.75, 3.05) is 10.6 Å². The van der Waals surface area contributed by atoms with Gasteiger partial charge in [-0.2, -0.15) is 0 Å². The van der Waals surface area contributed by atoms with Crippen molar-refractivity contribution >= 4 is 46.8 Å². The van der Waals surface area contributed by atoms with Crippen LogP contribution < -0.4 is 10.6 Å². The SMILES string of the molecule is O=C(Nc1ncccn1)Nc1c(Cl)cc(Cl)cc1C(=O)O. The molecular weight excluding hydrogens is 319 g/mol. The number of anilines is 2. The minimum atomic E-state index is -1.27. The summed E-state index contributed by atoms with van der Waals surface area (Å²) in [6.45, 7) is 0. The first-order chi connectivity index (χ1) is 9.97. The van der Waals surface area contributed by atoms with Crippen LogP contribution in [-0.2, 0) is 0 Å². The monoisotopic (exact) mass is 326 g/mol. The van der Waals surface area contributed by atoms with E-state index in [1.165, 1.54) is 24.5 Å². The number of carboxylic acid groups (broad SMARTS) is 1. The van der Waals surface area contributed by atoms with Crippen molar-refractivity contribution < 1.29 is 14.7 Å². The zero-order valence-electron chi connectivity index (χ0n) is 10.3. The van der Waals surface area contributed by atoms with E-state index in [2.05, 4.69) is 20.6 Å². The maximum absolute atomic E-state index is 11.8. The average molecular weight is 327 g/mol. The molecule has 0 unspecified atom stereocenters. The number of carbonyl (C=O) groups is 2. The minimum Gasteiger partial charge on any atom is -0.478 e. The fourth-order valence-electron chi connectivity index (χ4n) is 1.48. The van der Waals surface area contributed by atoms with E-state index < -0.39 is 12.0 Å². The Morgan fingerprint density at radius 1 is 1.10 bits per heavy atom. The van der Waals surface area contributed by atoms with Gasteiger partial charge in [-0.05, 0) is 18.2 Å². The summed E-state index contributed by atoms with van der Waals surface area (Å²) in [5.74, 6) is -1.21. The first kappa shape index (κ1) is 15.0. The third-order valence-electron chi connectivity index (χ3n) is 2.32. The number of aromatic nitrogens is 2. The number of hydrogen-bond acceptors (Lipinski definition) is 4. The summed E-state index contributed by atoms with van der Waals surface area (Å²) >= 11 is 11.6. The molecule has 0 saturated heterocycles. The second-order valence-corrected chi connectivity index (χ2v) is 4.61. The van der Waals surface area contributed by atoms with Crippen LogP contribution in [0.5, 0.6) is 0 Å².